The highest BCUT2D eigenvalue weighted by Gasteiger charge is 2.23. The highest BCUT2D eigenvalue weighted by atomic mass is 31.2. The molecule has 0 rings (SSSR count). The monoisotopic (exact) mass is 971 g/mol. The average Bonchev–Trinajstić information content (AvgIpc) is 3.30. The summed E-state index contributed by atoms with van der Waals surface area (Å²) in [5.74, 6) is -0.220. The van der Waals surface area contributed by atoms with E-state index in [-0.39, 0.29) is 12.5 Å². The molecule has 0 saturated carbocycles. The van der Waals surface area contributed by atoms with Crippen molar-refractivity contribution in [1.82, 2.24) is 5.32 Å². The molecule has 0 aliphatic rings. The molecule has 0 spiro atoms. The Balaban J connectivity index is 4.34. The third kappa shape index (κ3) is 51.5. The smallest absolute Gasteiger partial charge is 0.268 e. The van der Waals surface area contributed by atoms with E-state index in [0.29, 0.717) is 17.4 Å². The van der Waals surface area contributed by atoms with Gasteiger partial charge in [0.2, 0.25) is 5.91 Å². The minimum atomic E-state index is -4.61. The van der Waals surface area contributed by atoms with Crippen molar-refractivity contribution in [2.24, 2.45) is 0 Å². The lowest BCUT2D eigenvalue weighted by Crippen LogP contribution is -2.45. The Kier molecular flexibility index (Phi) is 48.0. The Hall–Kier alpha value is -2.32. The first-order valence-corrected chi connectivity index (χ1v) is 29.4. The molecule has 3 atom stereocenters. The average molecular weight is 971 g/mol. The van der Waals surface area contributed by atoms with Gasteiger partial charge in [0, 0.05) is 6.42 Å². The molecular weight excluding hydrogens is 864 g/mol. The molecule has 1 amide bonds. The van der Waals surface area contributed by atoms with Gasteiger partial charge in [0.05, 0.1) is 39.9 Å². The van der Waals surface area contributed by atoms with Gasteiger partial charge in [0.1, 0.15) is 13.2 Å². The zero-order valence-electron chi connectivity index (χ0n) is 44.8. The van der Waals surface area contributed by atoms with Gasteiger partial charge in [-0.1, -0.05) is 234 Å². The predicted molar refractivity (Wildman–Crippen MR) is 293 cm³/mol. The molecule has 9 heteroatoms. The number of quaternary nitrogens is 1. The first kappa shape index (κ1) is 65.7. The van der Waals surface area contributed by atoms with Gasteiger partial charge in [-0.3, -0.25) is 9.36 Å². The molecule has 0 aliphatic carbocycles. The molecule has 0 heterocycles. The van der Waals surface area contributed by atoms with Crippen LogP contribution in [0.25, 0.3) is 0 Å². The van der Waals surface area contributed by atoms with Crippen molar-refractivity contribution in [3.05, 3.63) is 85.1 Å². The standard InChI is InChI=1S/C59H107N2O6P/c1-6-8-10-12-14-16-18-20-22-24-26-28-30-32-34-36-38-40-42-44-46-48-50-52-58(62)57(56-67-68(64,65)66-55-54-61(3,4)5)60-59(63)53-51-49-47-45-43-41-39-37-35-33-31-29-27-25-23-21-19-17-15-13-11-9-7-2/h9,11,15,17,21,23,27,29,33,35,42,44,50,52,57-58,62H,6-8,10,12-14,16,18-20,22,24-26,28,30-32,34,36-41,43,45-49,51,53-56H2,1-5H3,(H-,60,63,64,65)/b11-9-,17-15-,23-21-,29-27-,35-33-,44-42+,52-50+. The van der Waals surface area contributed by atoms with Crippen molar-refractivity contribution in [2.45, 2.75) is 244 Å². The van der Waals surface area contributed by atoms with E-state index in [9.17, 15) is 19.4 Å². The molecule has 68 heavy (non-hydrogen) atoms. The topological polar surface area (TPSA) is 108 Å². The quantitative estimate of drug-likeness (QED) is 0.0272. The molecular formula is C59H107N2O6P. The fourth-order valence-corrected chi connectivity index (χ4v) is 8.45. The molecule has 0 aliphatic heterocycles. The maximum absolute atomic E-state index is 13.0. The second kappa shape index (κ2) is 49.7. The van der Waals surface area contributed by atoms with E-state index in [1.807, 2.05) is 27.2 Å². The largest absolute Gasteiger partial charge is 0.756 e. The van der Waals surface area contributed by atoms with Gasteiger partial charge in [-0.05, 0) is 77.0 Å². The summed E-state index contributed by atoms with van der Waals surface area (Å²) in [5, 5.41) is 13.9. The molecule has 394 valence electrons. The number of phosphoric ester groups is 1. The number of nitrogens with one attached hydrogen (secondary N) is 1. The van der Waals surface area contributed by atoms with Crippen LogP contribution in [-0.2, 0) is 18.4 Å². The van der Waals surface area contributed by atoms with E-state index >= 15 is 0 Å². The van der Waals surface area contributed by atoms with E-state index in [1.165, 1.54) is 128 Å². The number of aliphatic hydroxyl groups excluding tert-OH is 1. The van der Waals surface area contributed by atoms with Gasteiger partial charge >= 0.3 is 0 Å². The van der Waals surface area contributed by atoms with Gasteiger partial charge in [-0.2, -0.15) is 0 Å². The fraction of sp³-hybridized carbons (Fsp3) is 0.746. The van der Waals surface area contributed by atoms with Crippen molar-refractivity contribution in [1.29, 1.82) is 0 Å². The maximum Gasteiger partial charge on any atom is 0.268 e. The summed E-state index contributed by atoms with van der Waals surface area (Å²) < 4.78 is 23.3. The van der Waals surface area contributed by atoms with Crippen LogP contribution in [0, 0.1) is 0 Å². The first-order chi connectivity index (χ1) is 33.0. The third-order valence-electron chi connectivity index (χ3n) is 12.1. The zero-order chi connectivity index (χ0) is 49.9. The molecule has 0 radical (unpaired) electrons. The van der Waals surface area contributed by atoms with Gasteiger partial charge in [-0.15, -0.1) is 0 Å². The van der Waals surface area contributed by atoms with Crippen molar-refractivity contribution >= 4 is 13.7 Å². The summed E-state index contributed by atoms with van der Waals surface area (Å²) in [6.45, 7) is 4.51. The number of carbonyl (C=O) groups is 1. The molecule has 3 unspecified atom stereocenters. The number of aliphatic hydroxyl groups is 1. The number of hydrogen-bond acceptors (Lipinski definition) is 6. The minimum absolute atomic E-state index is 0.0128. The third-order valence-corrected chi connectivity index (χ3v) is 13.1. The molecule has 0 aromatic rings. The SMILES string of the molecule is CC/C=C\C/C=C\C/C=C\C/C=C\C/C=C\CCCCCCCCCC(=O)NC(COP(=O)([O-])OCC[N+](C)(C)C)C(O)/C=C/CC/C=C/CCCCCCCCCCCCCCCCCCC. The van der Waals surface area contributed by atoms with Crippen LogP contribution in [0.1, 0.15) is 232 Å². The lowest BCUT2D eigenvalue weighted by atomic mass is 10.0. The number of likely N-dealkylation sites (N-methyl/N-ethyl adjacent to an activating group) is 1. The van der Waals surface area contributed by atoms with Crippen molar-refractivity contribution in [3.8, 4) is 0 Å². The highest BCUT2D eigenvalue weighted by Crippen LogP contribution is 2.38. The summed E-state index contributed by atoms with van der Waals surface area (Å²) in [7, 11) is 1.23. The predicted octanol–water partition coefficient (Wildman–Crippen LogP) is 16.2. The molecule has 0 bridgehead atoms. The second-order valence-electron chi connectivity index (χ2n) is 19.9. The van der Waals surface area contributed by atoms with Crippen molar-refractivity contribution < 1.29 is 32.9 Å². The summed E-state index contributed by atoms with van der Waals surface area (Å²) >= 11 is 0. The number of phosphoric acid groups is 1. The van der Waals surface area contributed by atoms with Crippen LogP contribution in [0.2, 0.25) is 0 Å². The van der Waals surface area contributed by atoms with Crippen LogP contribution in [0.15, 0.2) is 85.1 Å². The van der Waals surface area contributed by atoms with Gasteiger partial charge in [0.15, 0.2) is 0 Å². The number of allylic oxidation sites excluding steroid dienone is 13. The van der Waals surface area contributed by atoms with Gasteiger partial charge < -0.3 is 28.8 Å². The Morgan fingerprint density at radius 1 is 0.529 bits per heavy atom. The lowest BCUT2D eigenvalue weighted by Gasteiger charge is -2.29. The van der Waals surface area contributed by atoms with E-state index in [4.69, 9.17) is 9.05 Å². The van der Waals surface area contributed by atoms with Crippen molar-refractivity contribution in [3.63, 3.8) is 0 Å². The number of rotatable bonds is 50. The number of nitrogens with zero attached hydrogens (tertiary/aromatic N) is 1. The maximum atomic E-state index is 13.0. The van der Waals surface area contributed by atoms with Crippen LogP contribution < -0.4 is 10.2 Å². The first-order valence-electron chi connectivity index (χ1n) is 27.9. The number of unbranched alkanes of at least 4 members (excludes halogenated alkanes) is 25. The second-order valence-corrected chi connectivity index (χ2v) is 21.3. The molecule has 0 saturated heterocycles. The Morgan fingerprint density at radius 2 is 0.912 bits per heavy atom. The number of carbonyl (C=O) groups excluding carboxylic acids is 1. The minimum Gasteiger partial charge on any atom is -0.756 e. The fourth-order valence-electron chi connectivity index (χ4n) is 7.73. The summed E-state index contributed by atoms with van der Waals surface area (Å²) in [6, 6.07) is -0.916. The van der Waals surface area contributed by atoms with Crippen LogP contribution >= 0.6 is 7.82 Å². The van der Waals surface area contributed by atoms with E-state index in [2.05, 4.69) is 92.1 Å². The van der Waals surface area contributed by atoms with Crippen LogP contribution in [0.3, 0.4) is 0 Å². The van der Waals surface area contributed by atoms with Crippen LogP contribution in [0.4, 0.5) is 0 Å². The van der Waals surface area contributed by atoms with E-state index in [1.54, 1.807) is 6.08 Å². The summed E-state index contributed by atoms with van der Waals surface area (Å²) in [6.07, 6.45) is 69.4. The molecule has 8 nitrogen and oxygen atoms in total. The summed E-state index contributed by atoms with van der Waals surface area (Å²) in [5.41, 5.74) is 0. The molecule has 0 aromatic carbocycles. The van der Waals surface area contributed by atoms with Crippen LogP contribution in [-0.4, -0.2) is 68.5 Å². The Morgan fingerprint density at radius 3 is 1.37 bits per heavy atom. The van der Waals surface area contributed by atoms with Crippen molar-refractivity contribution in [2.75, 3.05) is 40.9 Å². The lowest BCUT2D eigenvalue weighted by molar-refractivity contribution is -0.870. The van der Waals surface area contributed by atoms with Gasteiger partial charge in [0.25, 0.3) is 7.82 Å². The zero-order valence-corrected chi connectivity index (χ0v) is 45.7. The van der Waals surface area contributed by atoms with Gasteiger partial charge in [-0.25, -0.2) is 0 Å². The molecule has 2 N–H and O–H groups in total. The van der Waals surface area contributed by atoms with E-state index < -0.39 is 26.6 Å². The number of amides is 1. The highest BCUT2D eigenvalue weighted by molar-refractivity contribution is 7.45. The van der Waals surface area contributed by atoms with E-state index in [0.717, 1.165) is 83.5 Å². The number of hydrogen-bond donors (Lipinski definition) is 2. The molecule has 0 fully saturated rings. The molecule has 0 aromatic heterocycles. The Labute approximate surface area is 420 Å². The van der Waals surface area contributed by atoms with Crippen LogP contribution in [0.5, 0.6) is 0 Å². The Bertz CT molecular complexity index is 1380. The normalized spacial score (nSPS) is 14.6. The summed E-state index contributed by atoms with van der Waals surface area (Å²) in [4.78, 5) is 25.5.